The lowest BCUT2D eigenvalue weighted by Crippen LogP contribution is -2.44. The van der Waals surface area contributed by atoms with Crippen molar-refractivity contribution in [2.45, 2.75) is 45.8 Å². The maximum atomic E-state index is 13.8. The van der Waals surface area contributed by atoms with Crippen LogP contribution < -0.4 is 21.9 Å². The molecular weight excluding hydrogens is 480 g/mol. The smallest absolute Gasteiger partial charge is 0.332 e. The Labute approximate surface area is 212 Å². The second-order valence-electron chi connectivity index (χ2n) is 9.31. The summed E-state index contributed by atoms with van der Waals surface area (Å²) in [5, 5.41) is 1.53. The summed E-state index contributed by atoms with van der Waals surface area (Å²) in [6, 6.07) is 7.69. The van der Waals surface area contributed by atoms with Crippen molar-refractivity contribution in [2.75, 3.05) is 18.0 Å². The number of imidazole rings is 1. The Morgan fingerprint density at radius 2 is 1.97 bits per heavy atom. The SMILES string of the molecule is CC(Cl)=CCn1c(N2CCCC(N)C2)nc2c1c(=O)n(Cc1nc(C)c3ccccc3n1)c(=O)n2C. The van der Waals surface area contributed by atoms with Gasteiger partial charge in [0.15, 0.2) is 11.2 Å². The zero-order valence-corrected chi connectivity index (χ0v) is 21.4. The monoisotopic (exact) mass is 508 g/mol. The molecule has 1 aromatic carbocycles. The molecule has 188 valence electrons. The van der Waals surface area contributed by atoms with Crippen LogP contribution in [0.3, 0.4) is 0 Å². The Hall–Kier alpha value is -3.50. The third-order valence-corrected chi connectivity index (χ3v) is 6.80. The van der Waals surface area contributed by atoms with Crippen molar-refractivity contribution in [1.29, 1.82) is 0 Å². The first kappa shape index (κ1) is 24.2. The summed E-state index contributed by atoms with van der Waals surface area (Å²) in [4.78, 5) is 43.1. The highest BCUT2D eigenvalue weighted by molar-refractivity contribution is 6.29. The highest BCUT2D eigenvalue weighted by atomic mass is 35.5. The van der Waals surface area contributed by atoms with Gasteiger partial charge in [-0.05, 0) is 32.8 Å². The van der Waals surface area contributed by atoms with Crippen molar-refractivity contribution in [3.05, 3.63) is 67.7 Å². The molecule has 2 N–H and O–H groups in total. The van der Waals surface area contributed by atoms with Crippen molar-refractivity contribution in [3.63, 3.8) is 0 Å². The van der Waals surface area contributed by atoms with Crippen LogP contribution in [-0.2, 0) is 20.1 Å². The van der Waals surface area contributed by atoms with Crippen LogP contribution in [-0.4, -0.2) is 47.8 Å². The van der Waals surface area contributed by atoms with Gasteiger partial charge in [-0.2, -0.15) is 4.98 Å². The molecule has 4 heterocycles. The predicted octanol–water partition coefficient (Wildman–Crippen LogP) is 2.27. The fraction of sp³-hybridized carbons (Fsp3) is 0.400. The Balaban J connectivity index is 1.69. The summed E-state index contributed by atoms with van der Waals surface area (Å²) in [6.45, 7) is 5.36. The van der Waals surface area contributed by atoms with E-state index in [2.05, 4.69) is 14.9 Å². The summed E-state index contributed by atoms with van der Waals surface area (Å²) >= 11 is 6.14. The van der Waals surface area contributed by atoms with Gasteiger partial charge in [0, 0.05) is 48.8 Å². The standard InChI is InChI=1S/C25H29ClN8O2/c1-15(26)10-12-33-21-22(30-24(33)32-11-6-7-17(27)13-32)31(3)25(36)34(23(21)35)14-20-28-16(2)18-8-4-5-9-19(18)29-20/h4-5,8-10,17H,6-7,11-14,27H2,1-3H3. The van der Waals surface area contributed by atoms with E-state index in [-0.39, 0.29) is 12.6 Å². The molecule has 1 aliphatic heterocycles. The quantitative estimate of drug-likeness (QED) is 0.439. The predicted molar refractivity (Wildman–Crippen MR) is 142 cm³/mol. The lowest BCUT2D eigenvalue weighted by atomic mass is 10.1. The van der Waals surface area contributed by atoms with E-state index in [0.717, 1.165) is 36.0 Å². The van der Waals surface area contributed by atoms with Crippen LogP contribution in [0.15, 0.2) is 45.0 Å². The molecule has 1 fully saturated rings. The molecule has 5 rings (SSSR count). The highest BCUT2D eigenvalue weighted by Crippen LogP contribution is 2.23. The number of nitrogens with two attached hydrogens (primary N) is 1. The Morgan fingerprint density at radius 1 is 1.19 bits per heavy atom. The van der Waals surface area contributed by atoms with E-state index in [4.69, 9.17) is 22.3 Å². The Bertz CT molecular complexity index is 1610. The van der Waals surface area contributed by atoms with Crippen molar-refractivity contribution >= 4 is 39.6 Å². The third kappa shape index (κ3) is 4.31. The molecule has 0 radical (unpaired) electrons. The van der Waals surface area contributed by atoms with E-state index in [0.29, 0.717) is 41.1 Å². The molecule has 3 aromatic heterocycles. The molecule has 4 aromatic rings. The summed E-state index contributed by atoms with van der Waals surface area (Å²) < 4.78 is 4.41. The summed E-state index contributed by atoms with van der Waals surface area (Å²) in [5.41, 5.74) is 7.52. The van der Waals surface area contributed by atoms with Crippen molar-refractivity contribution in [1.82, 2.24) is 28.7 Å². The van der Waals surface area contributed by atoms with Crippen molar-refractivity contribution in [3.8, 4) is 0 Å². The van der Waals surface area contributed by atoms with Gasteiger partial charge in [-0.3, -0.25) is 13.9 Å². The number of fused-ring (bicyclic) bond motifs is 2. The van der Waals surface area contributed by atoms with E-state index in [1.165, 1.54) is 9.13 Å². The van der Waals surface area contributed by atoms with Crippen LogP contribution in [0.25, 0.3) is 22.1 Å². The molecule has 1 aliphatic rings. The zero-order valence-electron chi connectivity index (χ0n) is 20.6. The van der Waals surface area contributed by atoms with Crippen LogP contribution >= 0.6 is 11.6 Å². The van der Waals surface area contributed by atoms with Gasteiger partial charge in [-0.1, -0.05) is 35.9 Å². The van der Waals surface area contributed by atoms with Crippen molar-refractivity contribution < 1.29 is 0 Å². The Morgan fingerprint density at radius 3 is 2.72 bits per heavy atom. The second kappa shape index (κ2) is 9.51. The van der Waals surface area contributed by atoms with Crippen LogP contribution in [0, 0.1) is 6.92 Å². The van der Waals surface area contributed by atoms with Gasteiger partial charge in [0.1, 0.15) is 5.82 Å². The van der Waals surface area contributed by atoms with Gasteiger partial charge in [0.25, 0.3) is 5.56 Å². The van der Waals surface area contributed by atoms with Gasteiger partial charge < -0.3 is 15.2 Å². The highest BCUT2D eigenvalue weighted by Gasteiger charge is 2.26. The minimum Gasteiger partial charge on any atom is -0.341 e. The number of halogens is 1. The average Bonchev–Trinajstić information content (AvgIpc) is 3.24. The van der Waals surface area contributed by atoms with Crippen molar-refractivity contribution in [2.24, 2.45) is 12.8 Å². The number of aromatic nitrogens is 6. The van der Waals surface area contributed by atoms with Gasteiger partial charge >= 0.3 is 5.69 Å². The molecule has 1 atom stereocenters. The molecule has 1 saturated heterocycles. The molecule has 1 unspecified atom stereocenters. The van der Waals surface area contributed by atoms with Gasteiger partial charge in [-0.25, -0.2) is 14.8 Å². The number of rotatable bonds is 5. The molecule has 10 nitrogen and oxygen atoms in total. The number of hydrogen-bond donors (Lipinski definition) is 1. The first-order valence-corrected chi connectivity index (χ1v) is 12.4. The second-order valence-corrected chi connectivity index (χ2v) is 9.91. The third-order valence-electron chi connectivity index (χ3n) is 6.65. The fourth-order valence-corrected chi connectivity index (χ4v) is 4.90. The molecule has 0 saturated carbocycles. The number of aryl methyl sites for hydroxylation is 2. The molecule has 0 amide bonds. The van der Waals surface area contributed by atoms with Gasteiger partial charge in [0.2, 0.25) is 5.95 Å². The zero-order chi connectivity index (χ0) is 25.6. The molecule has 0 aliphatic carbocycles. The Kier molecular flexibility index (Phi) is 6.40. The fourth-order valence-electron chi connectivity index (χ4n) is 4.83. The number of hydrogen-bond acceptors (Lipinski definition) is 7. The van der Waals surface area contributed by atoms with Crippen LogP contribution in [0.4, 0.5) is 5.95 Å². The minimum absolute atomic E-state index is 0.0195. The average molecular weight is 509 g/mol. The van der Waals surface area contributed by atoms with Crippen LogP contribution in [0.5, 0.6) is 0 Å². The number of para-hydroxylation sites is 1. The normalized spacial score (nSPS) is 16.9. The molecular formula is C25H29ClN8O2. The number of benzene rings is 1. The van der Waals surface area contributed by atoms with E-state index in [1.807, 2.05) is 41.8 Å². The van der Waals surface area contributed by atoms with E-state index < -0.39 is 11.2 Å². The molecule has 36 heavy (non-hydrogen) atoms. The summed E-state index contributed by atoms with van der Waals surface area (Å²) in [5.74, 6) is 1.01. The van der Waals surface area contributed by atoms with Gasteiger partial charge in [0.05, 0.1) is 12.1 Å². The van der Waals surface area contributed by atoms with Crippen LogP contribution in [0.2, 0.25) is 0 Å². The molecule has 0 bridgehead atoms. The van der Waals surface area contributed by atoms with Gasteiger partial charge in [-0.15, -0.1) is 0 Å². The summed E-state index contributed by atoms with van der Waals surface area (Å²) in [6.07, 6.45) is 3.69. The number of anilines is 1. The topological polar surface area (TPSA) is 117 Å². The first-order valence-electron chi connectivity index (χ1n) is 12.0. The van der Waals surface area contributed by atoms with E-state index >= 15 is 0 Å². The van der Waals surface area contributed by atoms with Crippen LogP contribution in [0.1, 0.15) is 31.3 Å². The first-order chi connectivity index (χ1) is 17.2. The summed E-state index contributed by atoms with van der Waals surface area (Å²) in [7, 11) is 1.62. The number of nitrogens with zero attached hydrogens (tertiary/aromatic N) is 7. The number of piperidine rings is 1. The molecule has 11 heteroatoms. The lowest BCUT2D eigenvalue weighted by Gasteiger charge is -2.31. The lowest BCUT2D eigenvalue weighted by molar-refractivity contribution is 0.495. The largest absolute Gasteiger partial charge is 0.341 e. The number of allylic oxidation sites excluding steroid dienone is 2. The van der Waals surface area contributed by atoms with E-state index in [9.17, 15) is 9.59 Å². The van der Waals surface area contributed by atoms with E-state index in [1.54, 1.807) is 14.0 Å². The maximum absolute atomic E-state index is 13.8. The maximum Gasteiger partial charge on any atom is 0.332 e. The molecule has 0 spiro atoms. The minimum atomic E-state index is -0.475.